The fourth-order valence-electron chi connectivity index (χ4n) is 2.72. The minimum Gasteiger partial charge on any atom is -0.496 e. The Labute approximate surface area is 90.6 Å². The van der Waals surface area contributed by atoms with E-state index in [9.17, 15) is 0 Å². The van der Waals surface area contributed by atoms with Crippen molar-refractivity contribution in [2.24, 2.45) is 0 Å². The van der Waals surface area contributed by atoms with Gasteiger partial charge in [-0.05, 0) is 49.4 Å². The zero-order chi connectivity index (χ0) is 10.3. The van der Waals surface area contributed by atoms with Gasteiger partial charge in [0.15, 0.2) is 0 Å². The van der Waals surface area contributed by atoms with Crippen LogP contribution in [-0.2, 0) is 12.0 Å². The van der Waals surface area contributed by atoms with Gasteiger partial charge in [0.25, 0.3) is 0 Å². The number of methoxy groups -OCH3 is 1. The van der Waals surface area contributed by atoms with Crippen LogP contribution in [0.4, 0.5) is 0 Å². The molecule has 1 aromatic carbocycles. The second-order valence-electron chi connectivity index (χ2n) is 4.60. The monoisotopic (exact) mass is 203 g/mol. The lowest BCUT2D eigenvalue weighted by atomic mass is 9.96. The van der Waals surface area contributed by atoms with Gasteiger partial charge in [-0.15, -0.1) is 0 Å². The van der Waals surface area contributed by atoms with Crippen LogP contribution in [0, 0.1) is 0 Å². The second kappa shape index (κ2) is 3.24. The zero-order valence-corrected chi connectivity index (χ0v) is 9.18. The van der Waals surface area contributed by atoms with Gasteiger partial charge >= 0.3 is 0 Å². The maximum Gasteiger partial charge on any atom is 0.122 e. The molecule has 0 amide bonds. The third kappa shape index (κ3) is 1.36. The van der Waals surface area contributed by atoms with Gasteiger partial charge in [0.2, 0.25) is 0 Å². The number of ether oxygens (including phenoxy) is 1. The quantitative estimate of drug-likeness (QED) is 0.755. The molecule has 1 fully saturated rings. The van der Waals surface area contributed by atoms with Gasteiger partial charge in [0, 0.05) is 5.54 Å². The molecule has 1 aliphatic heterocycles. The van der Waals surface area contributed by atoms with E-state index in [0.29, 0.717) is 5.54 Å². The first kappa shape index (κ1) is 9.22. The Morgan fingerprint density at radius 1 is 1.33 bits per heavy atom. The van der Waals surface area contributed by atoms with Crippen molar-refractivity contribution in [3.8, 4) is 5.75 Å². The molecule has 0 atom stereocenters. The smallest absolute Gasteiger partial charge is 0.122 e. The highest BCUT2D eigenvalue weighted by atomic mass is 16.5. The lowest BCUT2D eigenvalue weighted by Gasteiger charge is -2.18. The standard InChI is InChI=1S/C13H17NO/c1-15-12-6-2-5-11-10(12)4-3-9-14-13(11)7-8-13/h2,5-6,14H,3-4,7-9H2,1H3. The maximum atomic E-state index is 5.46. The molecule has 0 saturated heterocycles. The Kier molecular flexibility index (Phi) is 1.99. The molecule has 1 aliphatic carbocycles. The van der Waals surface area contributed by atoms with Gasteiger partial charge < -0.3 is 10.1 Å². The van der Waals surface area contributed by atoms with Crippen LogP contribution >= 0.6 is 0 Å². The minimum absolute atomic E-state index is 0.306. The average molecular weight is 203 g/mol. The largest absolute Gasteiger partial charge is 0.496 e. The first-order chi connectivity index (χ1) is 7.36. The molecule has 1 spiro atoms. The molecule has 1 heterocycles. The number of rotatable bonds is 1. The molecule has 1 saturated carbocycles. The number of fused-ring (bicyclic) bond motifs is 2. The van der Waals surface area contributed by atoms with Crippen molar-refractivity contribution < 1.29 is 4.74 Å². The Morgan fingerprint density at radius 2 is 2.20 bits per heavy atom. The highest BCUT2D eigenvalue weighted by Crippen LogP contribution is 2.49. The molecular weight excluding hydrogens is 186 g/mol. The fourth-order valence-corrected chi connectivity index (χ4v) is 2.72. The van der Waals surface area contributed by atoms with Gasteiger partial charge in [-0.2, -0.15) is 0 Å². The topological polar surface area (TPSA) is 21.3 Å². The second-order valence-corrected chi connectivity index (χ2v) is 4.60. The molecule has 1 N–H and O–H groups in total. The molecule has 3 rings (SSSR count). The lowest BCUT2D eigenvalue weighted by molar-refractivity contribution is 0.408. The van der Waals surface area contributed by atoms with Crippen LogP contribution in [0.2, 0.25) is 0 Å². The van der Waals surface area contributed by atoms with E-state index in [2.05, 4.69) is 23.5 Å². The van der Waals surface area contributed by atoms with Crippen LogP contribution in [0.3, 0.4) is 0 Å². The molecule has 80 valence electrons. The summed E-state index contributed by atoms with van der Waals surface area (Å²) in [6, 6.07) is 6.47. The molecule has 0 aromatic heterocycles. The van der Waals surface area contributed by atoms with Crippen LogP contribution < -0.4 is 10.1 Å². The molecule has 15 heavy (non-hydrogen) atoms. The Hall–Kier alpha value is -1.02. The zero-order valence-electron chi connectivity index (χ0n) is 9.18. The van der Waals surface area contributed by atoms with Crippen LogP contribution in [0.5, 0.6) is 5.75 Å². The first-order valence-corrected chi connectivity index (χ1v) is 5.77. The van der Waals surface area contributed by atoms with Gasteiger partial charge in [-0.3, -0.25) is 0 Å². The third-order valence-corrected chi connectivity index (χ3v) is 3.69. The molecule has 2 nitrogen and oxygen atoms in total. The summed E-state index contributed by atoms with van der Waals surface area (Å²) in [7, 11) is 1.77. The summed E-state index contributed by atoms with van der Waals surface area (Å²) in [5.74, 6) is 1.07. The normalized spacial score (nSPS) is 21.9. The molecule has 0 bridgehead atoms. The summed E-state index contributed by atoms with van der Waals surface area (Å²) in [5, 5.41) is 3.68. The number of hydrogen-bond acceptors (Lipinski definition) is 2. The van der Waals surface area contributed by atoms with Crippen molar-refractivity contribution in [1.82, 2.24) is 5.32 Å². The molecule has 2 aliphatic rings. The Bertz CT molecular complexity index is 382. The summed E-state index contributed by atoms with van der Waals surface area (Å²) in [6.45, 7) is 1.14. The minimum atomic E-state index is 0.306. The van der Waals surface area contributed by atoms with E-state index >= 15 is 0 Å². The number of benzene rings is 1. The van der Waals surface area contributed by atoms with Gasteiger partial charge in [-0.1, -0.05) is 12.1 Å². The van der Waals surface area contributed by atoms with Crippen molar-refractivity contribution in [2.45, 2.75) is 31.2 Å². The van der Waals surface area contributed by atoms with Gasteiger partial charge in [-0.25, -0.2) is 0 Å². The van der Waals surface area contributed by atoms with E-state index in [4.69, 9.17) is 4.74 Å². The van der Waals surface area contributed by atoms with E-state index in [0.717, 1.165) is 18.7 Å². The van der Waals surface area contributed by atoms with Crippen molar-refractivity contribution in [3.63, 3.8) is 0 Å². The average Bonchev–Trinajstić information content (AvgIpc) is 3.07. The van der Waals surface area contributed by atoms with Crippen LogP contribution in [0.25, 0.3) is 0 Å². The maximum absolute atomic E-state index is 5.46. The van der Waals surface area contributed by atoms with E-state index in [-0.39, 0.29) is 0 Å². The van der Waals surface area contributed by atoms with Crippen LogP contribution in [0.1, 0.15) is 30.4 Å². The summed E-state index contributed by atoms with van der Waals surface area (Å²) in [5.41, 5.74) is 3.22. The van der Waals surface area contributed by atoms with Crippen molar-refractivity contribution in [1.29, 1.82) is 0 Å². The van der Waals surface area contributed by atoms with E-state index in [1.54, 1.807) is 7.11 Å². The summed E-state index contributed by atoms with van der Waals surface area (Å²) < 4.78 is 5.46. The highest BCUT2D eigenvalue weighted by molar-refractivity contribution is 5.47. The van der Waals surface area contributed by atoms with Crippen LogP contribution in [0.15, 0.2) is 18.2 Å². The number of nitrogens with one attached hydrogen (secondary N) is 1. The molecule has 1 aromatic rings. The summed E-state index contributed by atoms with van der Waals surface area (Å²) in [4.78, 5) is 0. The summed E-state index contributed by atoms with van der Waals surface area (Å²) >= 11 is 0. The Morgan fingerprint density at radius 3 is 2.93 bits per heavy atom. The van der Waals surface area contributed by atoms with Crippen LogP contribution in [-0.4, -0.2) is 13.7 Å². The van der Waals surface area contributed by atoms with E-state index < -0.39 is 0 Å². The van der Waals surface area contributed by atoms with Crippen molar-refractivity contribution in [2.75, 3.05) is 13.7 Å². The van der Waals surface area contributed by atoms with Crippen molar-refractivity contribution in [3.05, 3.63) is 29.3 Å². The summed E-state index contributed by atoms with van der Waals surface area (Å²) in [6.07, 6.45) is 4.93. The Balaban J connectivity index is 2.13. The van der Waals surface area contributed by atoms with E-state index in [1.807, 2.05) is 0 Å². The van der Waals surface area contributed by atoms with Gasteiger partial charge in [0.1, 0.15) is 5.75 Å². The number of hydrogen-bond donors (Lipinski definition) is 1. The molecule has 2 heteroatoms. The molecular formula is C13H17NO. The predicted molar refractivity (Wildman–Crippen MR) is 60.2 cm³/mol. The SMILES string of the molecule is COc1cccc2c1CCCNC21CC1. The van der Waals surface area contributed by atoms with E-state index in [1.165, 1.54) is 30.4 Å². The molecule has 0 unspecified atom stereocenters. The third-order valence-electron chi connectivity index (χ3n) is 3.69. The van der Waals surface area contributed by atoms with Gasteiger partial charge in [0.05, 0.1) is 7.11 Å². The first-order valence-electron chi connectivity index (χ1n) is 5.77. The fraction of sp³-hybridized carbons (Fsp3) is 0.538. The van der Waals surface area contributed by atoms with Crippen molar-refractivity contribution >= 4 is 0 Å². The molecule has 0 radical (unpaired) electrons. The predicted octanol–water partition coefficient (Wildman–Crippen LogP) is 2.22. The lowest BCUT2D eigenvalue weighted by Crippen LogP contribution is -2.28. The highest BCUT2D eigenvalue weighted by Gasteiger charge is 2.46.